The van der Waals surface area contributed by atoms with E-state index in [1.165, 1.54) is 12.1 Å². The molecule has 0 amide bonds. The maximum absolute atomic E-state index is 12.9. The minimum atomic E-state index is -1.15. The van der Waals surface area contributed by atoms with Crippen LogP contribution in [0, 0.1) is 12.7 Å². The minimum absolute atomic E-state index is 0.150. The molecule has 1 aromatic heterocycles. The van der Waals surface area contributed by atoms with E-state index in [4.69, 9.17) is 9.63 Å². The number of aromatic carboxylic acids is 1. The van der Waals surface area contributed by atoms with Crippen molar-refractivity contribution in [1.82, 2.24) is 5.16 Å². The Morgan fingerprint density at radius 2 is 1.71 bits per heavy atom. The van der Waals surface area contributed by atoms with Gasteiger partial charge in [-0.15, -0.1) is 0 Å². The molecule has 3 aromatic rings. The number of hydrogen-bond donors (Lipinski definition) is 2. The number of rotatable bonds is 5. The highest BCUT2D eigenvalue weighted by Crippen LogP contribution is 2.25. The van der Waals surface area contributed by atoms with Crippen LogP contribution >= 0.6 is 0 Å². The molecule has 0 aliphatic rings. The van der Waals surface area contributed by atoms with Gasteiger partial charge >= 0.3 is 5.97 Å². The van der Waals surface area contributed by atoms with E-state index in [-0.39, 0.29) is 11.5 Å². The van der Waals surface area contributed by atoms with Crippen molar-refractivity contribution in [3.05, 3.63) is 76.9 Å². The van der Waals surface area contributed by atoms with Crippen molar-refractivity contribution in [2.75, 3.05) is 5.32 Å². The van der Waals surface area contributed by atoms with Crippen LogP contribution in [0.15, 0.2) is 53.1 Å². The summed E-state index contributed by atoms with van der Waals surface area (Å²) < 4.78 is 17.8. The number of nitrogens with zero attached hydrogens (tertiary/aromatic N) is 1. The van der Waals surface area contributed by atoms with Gasteiger partial charge in [0.05, 0.1) is 0 Å². The first-order valence-corrected chi connectivity index (χ1v) is 7.33. The lowest BCUT2D eigenvalue weighted by Gasteiger charge is -2.07. The molecule has 3 rings (SSSR count). The number of carboxylic acids is 1. The van der Waals surface area contributed by atoms with Gasteiger partial charge in [0, 0.05) is 5.69 Å². The van der Waals surface area contributed by atoms with E-state index in [2.05, 4.69) is 10.5 Å². The fraction of sp³-hybridized carbons (Fsp3) is 0.111. The first-order chi connectivity index (χ1) is 11.5. The highest BCUT2D eigenvalue weighted by Gasteiger charge is 2.19. The molecule has 2 N–H and O–H groups in total. The largest absolute Gasteiger partial charge is 0.476 e. The van der Waals surface area contributed by atoms with Crippen molar-refractivity contribution in [3.8, 4) is 0 Å². The van der Waals surface area contributed by atoms with Crippen molar-refractivity contribution in [1.29, 1.82) is 0 Å². The average molecular weight is 326 g/mol. The number of anilines is 2. The predicted molar refractivity (Wildman–Crippen MR) is 87.1 cm³/mol. The molecule has 0 fully saturated rings. The molecular weight excluding hydrogens is 311 g/mol. The van der Waals surface area contributed by atoms with Gasteiger partial charge in [-0.25, -0.2) is 9.18 Å². The summed E-state index contributed by atoms with van der Waals surface area (Å²) in [5.41, 5.74) is 3.00. The summed E-state index contributed by atoms with van der Waals surface area (Å²) in [7, 11) is 0. The number of carbonyl (C=O) groups is 1. The molecule has 0 saturated carbocycles. The van der Waals surface area contributed by atoms with Gasteiger partial charge in [-0.3, -0.25) is 0 Å². The van der Waals surface area contributed by atoms with Gasteiger partial charge in [-0.1, -0.05) is 29.4 Å². The van der Waals surface area contributed by atoms with Crippen LogP contribution in [0.25, 0.3) is 0 Å². The van der Waals surface area contributed by atoms with Crippen LogP contribution < -0.4 is 5.32 Å². The second-order valence-electron chi connectivity index (χ2n) is 5.39. The molecule has 0 aliphatic heterocycles. The third-order valence-electron chi connectivity index (χ3n) is 3.61. The topological polar surface area (TPSA) is 75.4 Å². The molecule has 0 spiro atoms. The monoisotopic (exact) mass is 326 g/mol. The first-order valence-electron chi connectivity index (χ1n) is 7.33. The zero-order valence-corrected chi connectivity index (χ0v) is 12.9. The van der Waals surface area contributed by atoms with Crippen LogP contribution in [-0.4, -0.2) is 16.2 Å². The van der Waals surface area contributed by atoms with E-state index in [1.807, 2.05) is 24.3 Å². The highest BCUT2D eigenvalue weighted by molar-refractivity contribution is 5.93. The van der Waals surface area contributed by atoms with Crippen molar-refractivity contribution in [3.63, 3.8) is 0 Å². The Kier molecular flexibility index (Phi) is 4.29. The standard InChI is InChI=1S/C18H15FN2O3/c1-11-16(17(18(22)23)21-24-11)20-15-8-4-13(5-9-15)10-12-2-6-14(19)7-3-12/h2-9,20H,10H2,1H3,(H,22,23). The molecule has 122 valence electrons. The second-order valence-corrected chi connectivity index (χ2v) is 5.39. The van der Waals surface area contributed by atoms with Gasteiger partial charge in [0.2, 0.25) is 5.69 Å². The molecule has 0 aliphatic carbocycles. The first kappa shape index (κ1) is 15.7. The van der Waals surface area contributed by atoms with E-state index in [0.717, 1.165) is 16.8 Å². The maximum Gasteiger partial charge on any atom is 0.360 e. The summed E-state index contributed by atoms with van der Waals surface area (Å²) in [5, 5.41) is 15.6. The number of hydrogen-bond acceptors (Lipinski definition) is 4. The molecular formula is C18H15FN2O3. The quantitative estimate of drug-likeness (QED) is 0.736. The molecule has 0 atom stereocenters. The van der Waals surface area contributed by atoms with Crippen molar-refractivity contribution < 1.29 is 18.8 Å². The number of aryl methyl sites for hydroxylation is 1. The van der Waals surface area contributed by atoms with E-state index in [9.17, 15) is 9.18 Å². The van der Waals surface area contributed by atoms with Crippen LogP contribution in [-0.2, 0) is 6.42 Å². The molecule has 0 bridgehead atoms. The minimum Gasteiger partial charge on any atom is -0.476 e. The van der Waals surface area contributed by atoms with Gasteiger partial charge in [0.25, 0.3) is 0 Å². The lowest BCUT2D eigenvalue weighted by atomic mass is 10.0. The van der Waals surface area contributed by atoms with Crippen molar-refractivity contribution in [2.45, 2.75) is 13.3 Å². The molecule has 6 heteroatoms. The van der Waals surface area contributed by atoms with E-state index < -0.39 is 5.97 Å². The number of aromatic nitrogens is 1. The Labute approximate surface area is 137 Å². The summed E-state index contributed by atoms with van der Waals surface area (Å²) in [4.78, 5) is 11.1. The van der Waals surface area contributed by atoms with Gasteiger partial charge in [-0.2, -0.15) is 0 Å². The van der Waals surface area contributed by atoms with Crippen molar-refractivity contribution in [2.24, 2.45) is 0 Å². The number of nitrogens with one attached hydrogen (secondary N) is 1. The predicted octanol–water partition coefficient (Wildman–Crippen LogP) is 4.15. The summed E-state index contributed by atoms with van der Waals surface area (Å²) in [6, 6.07) is 13.9. The molecule has 2 aromatic carbocycles. The lowest BCUT2D eigenvalue weighted by Crippen LogP contribution is -2.02. The van der Waals surface area contributed by atoms with Crippen LogP contribution in [0.1, 0.15) is 27.4 Å². The highest BCUT2D eigenvalue weighted by atomic mass is 19.1. The number of benzene rings is 2. The number of halogens is 1. The van der Waals surface area contributed by atoms with Gasteiger partial charge in [-0.05, 0) is 48.7 Å². The fourth-order valence-corrected chi connectivity index (χ4v) is 2.35. The maximum atomic E-state index is 12.9. The van der Waals surface area contributed by atoms with Crippen LogP contribution in [0.5, 0.6) is 0 Å². The van der Waals surface area contributed by atoms with Crippen molar-refractivity contribution >= 4 is 17.3 Å². The molecule has 0 unspecified atom stereocenters. The SMILES string of the molecule is Cc1onc(C(=O)O)c1Nc1ccc(Cc2ccc(F)cc2)cc1. The van der Waals surface area contributed by atoms with E-state index in [1.54, 1.807) is 19.1 Å². The second kappa shape index (κ2) is 6.54. The van der Waals surface area contributed by atoms with E-state index >= 15 is 0 Å². The van der Waals surface area contributed by atoms with E-state index in [0.29, 0.717) is 17.9 Å². The third kappa shape index (κ3) is 3.43. The molecule has 0 radical (unpaired) electrons. The zero-order valence-electron chi connectivity index (χ0n) is 12.9. The molecule has 5 nitrogen and oxygen atoms in total. The molecule has 1 heterocycles. The zero-order chi connectivity index (χ0) is 17.1. The van der Waals surface area contributed by atoms with Crippen LogP contribution in [0.4, 0.5) is 15.8 Å². The fourth-order valence-electron chi connectivity index (χ4n) is 2.35. The molecule has 24 heavy (non-hydrogen) atoms. The van der Waals surface area contributed by atoms with Gasteiger partial charge < -0.3 is 14.9 Å². The van der Waals surface area contributed by atoms with Gasteiger partial charge in [0.15, 0.2) is 5.76 Å². The summed E-state index contributed by atoms with van der Waals surface area (Å²) in [5.74, 6) is -0.998. The summed E-state index contributed by atoms with van der Waals surface area (Å²) in [6.45, 7) is 1.64. The Hall–Kier alpha value is -3.15. The van der Waals surface area contributed by atoms with Crippen LogP contribution in [0.3, 0.4) is 0 Å². The Balaban J connectivity index is 1.74. The normalized spacial score (nSPS) is 10.6. The smallest absolute Gasteiger partial charge is 0.360 e. The third-order valence-corrected chi connectivity index (χ3v) is 3.61. The number of carboxylic acid groups (broad SMARTS) is 1. The Morgan fingerprint density at radius 1 is 1.12 bits per heavy atom. The Morgan fingerprint density at radius 3 is 2.29 bits per heavy atom. The molecule has 0 saturated heterocycles. The average Bonchev–Trinajstić information content (AvgIpc) is 2.93. The van der Waals surface area contributed by atoms with Crippen LogP contribution in [0.2, 0.25) is 0 Å². The summed E-state index contributed by atoms with van der Waals surface area (Å²) >= 11 is 0. The van der Waals surface area contributed by atoms with Gasteiger partial charge in [0.1, 0.15) is 11.5 Å². The summed E-state index contributed by atoms with van der Waals surface area (Å²) in [6.07, 6.45) is 0.688. The Bertz CT molecular complexity index is 855. The lowest BCUT2D eigenvalue weighted by molar-refractivity contribution is 0.0686.